The van der Waals surface area contributed by atoms with E-state index in [0.717, 1.165) is 25.3 Å². The van der Waals surface area contributed by atoms with E-state index in [1.807, 2.05) is 10.7 Å². The number of nitrogens with two attached hydrogens (primary N) is 1. The van der Waals surface area contributed by atoms with Crippen LogP contribution in [0.4, 0.5) is 0 Å². The first kappa shape index (κ1) is 16.2. The molecule has 0 saturated carbocycles. The zero-order chi connectivity index (χ0) is 16.6. The lowest BCUT2D eigenvalue weighted by molar-refractivity contribution is 0.316. The summed E-state index contributed by atoms with van der Waals surface area (Å²) in [6.07, 6.45) is 2.18. The molecule has 0 aliphatic carbocycles. The number of likely N-dealkylation sites (tertiary alicyclic amines) is 1. The summed E-state index contributed by atoms with van der Waals surface area (Å²) in [4.78, 5) is 2.46. The lowest BCUT2D eigenvalue weighted by Gasteiger charge is -2.20. The Morgan fingerprint density at radius 2 is 1.87 bits per heavy atom. The molecule has 4 nitrogen and oxygen atoms in total. The minimum Gasteiger partial charge on any atom is -0.326 e. The van der Waals surface area contributed by atoms with Crippen molar-refractivity contribution in [3.05, 3.63) is 47.8 Å². The average molecular weight is 312 g/mol. The molecule has 2 atom stereocenters. The number of hydrogen-bond acceptors (Lipinski definition) is 3. The largest absolute Gasteiger partial charge is 0.326 e. The summed E-state index contributed by atoms with van der Waals surface area (Å²) in [7, 11) is 0. The molecule has 0 spiro atoms. The van der Waals surface area contributed by atoms with Gasteiger partial charge in [0.15, 0.2) is 0 Å². The Labute approximate surface area is 139 Å². The monoisotopic (exact) mass is 312 g/mol. The van der Waals surface area contributed by atoms with E-state index in [0.29, 0.717) is 5.92 Å². The number of para-hydroxylation sites is 1. The number of nitrogens with zero attached hydrogens (tertiary/aromatic N) is 3. The van der Waals surface area contributed by atoms with Crippen LogP contribution in [0.1, 0.15) is 39.0 Å². The van der Waals surface area contributed by atoms with E-state index < -0.39 is 0 Å². The number of aromatic nitrogens is 2. The highest BCUT2D eigenvalue weighted by molar-refractivity contribution is 5.34. The molecule has 0 bridgehead atoms. The molecule has 2 heterocycles. The first-order valence-electron chi connectivity index (χ1n) is 8.47. The van der Waals surface area contributed by atoms with Gasteiger partial charge in [-0.3, -0.25) is 4.90 Å². The van der Waals surface area contributed by atoms with Crippen LogP contribution in [-0.4, -0.2) is 33.8 Å². The summed E-state index contributed by atoms with van der Waals surface area (Å²) in [5.74, 6) is 0.567. The molecule has 124 valence electrons. The van der Waals surface area contributed by atoms with E-state index in [4.69, 9.17) is 10.8 Å². The van der Waals surface area contributed by atoms with Crippen LogP contribution < -0.4 is 5.73 Å². The third-order valence-corrected chi connectivity index (χ3v) is 4.66. The SMILES string of the molecule is CC1CN(Cc2cn(-c3ccccc3)nc2C(C)(C)C)CC1N. The van der Waals surface area contributed by atoms with Crippen LogP contribution in [-0.2, 0) is 12.0 Å². The van der Waals surface area contributed by atoms with Gasteiger partial charge in [-0.15, -0.1) is 0 Å². The minimum absolute atomic E-state index is 0.0306. The van der Waals surface area contributed by atoms with E-state index in [2.05, 4.69) is 63.1 Å². The van der Waals surface area contributed by atoms with Gasteiger partial charge in [0.2, 0.25) is 0 Å². The second-order valence-electron chi connectivity index (χ2n) is 7.87. The van der Waals surface area contributed by atoms with Gasteiger partial charge in [0.1, 0.15) is 0 Å². The zero-order valence-electron chi connectivity index (χ0n) is 14.7. The standard InChI is InChI=1S/C19H28N4/c1-14-10-22(13-17(14)20)11-15-12-23(16-8-6-5-7-9-16)21-18(15)19(2,3)4/h5-9,12,14,17H,10-11,13,20H2,1-4H3. The van der Waals surface area contributed by atoms with Crippen LogP contribution in [0.3, 0.4) is 0 Å². The van der Waals surface area contributed by atoms with Gasteiger partial charge in [-0.05, 0) is 18.1 Å². The minimum atomic E-state index is 0.0306. The molecular weight excluding hydrogens is 284 g/mol. The van der Waals surface area contributed by atoms with E-state index in [1.165, 1.54) is 11.3 Å². The van der Waals surface area contributed by atoms with E-state index in [-0.39, 0.29) is 11.5 Å². The summed E-state index contributed by atoms with van der Waals surface area (Å²) in [5.41, 5.74) is 9.80. The van der Waals surface area contributed by atoms with Crippen molar-refractivity contribution in [1.82, 2.24) is 14.7 Å². The lowest BCUT2D eigenvalue weighted by atomic mass is 9.89. The Balaban J connectivity index is 1.91. The predicted molar refractivity (Wildman–Crippen MR) is 94.7 cm³/mol. The fourth-order valence-corrected chi connectivity index (χ4v) is 3.34. The molecule has 2 N–H and O–H groups in total. The highest BCUT2D eigenvalue weighted by Gasteiger charge is 2.29. The Bertz CT molecular complexity index is 644. The van der Waals surface area contributed by atoms with Gasteiger partial charge in [-0.2, -0.15) is 5.10 Å². The first-order valence-corrected chi connectivity index (χ1v) is 8.47. The summed E-state index contributed by atoms with van der Waals surface area (Å²) in [6, 6.07) is 10.6. The van der Waals surface area contributed by atoms with Crippen molar-refractivity contribution >= 4 is 0 Å². The van der Waals surface area contributed by atoms with Crippen molar-refractivity contribution in [2.75, 3.05) is 13.1 Å². The summed E-state index contributed by atoms with van der Waals surface area (Å²) in [6.45, 7) is 11.9. The van der Waals surface area contributed by atoms with Crippen LogP contribution in [0.25, 0.3) is 5.69 Å². The highest BCUT2D eigenvalue weighted by Crippen LogP contribution is 2.28. The van der Waals surface area contributed by atoms with Crippen LogP contribution in [0.15, 0.2) is 36.5 Å². The Morgan fingerprint density at radius 1 is 1.17 bits per heavy atom. The molecule has 0 radical (unpaired) electrons. The highest BCUT2D eigenvalue weighted by atomic mass is 15.3. The smallest absolute Gasteiger partial charge is 0.0727 e. The van der Waals surface area contributed by atoms with Gasteiger partial charge < -0.3 is 5.73 Å². The van der Waals surface area contributed by atoms with Crippen molar-refractivity contribution in [2.45, 2.75) is 45.7 Å². The maximum absolute atomic E-state index is 6.18. The van der Waals surface area contributed by atoms with Gasteiger partial charge in [0.25, 0.3) is 0 Å². The van der Waals surface area contributed by atoms with Gasteiger partial charge >= 0.3 is 0 Å². The molecule has 3 rings (SSSR count). The summed E-state index contributed by atoms with van der Waals surface area (Å²) >= 11 is 0. The van der Waals surface area contributed by atoms with Crippen LogP contribution >= 0.6 is 0 Å². The fourth-order valence-electron chi connectivity index (χ4n) is 3.34. The summed E-state index contributed by atoms with van der Waals surface area (Å²) < 4.78 is 2.01. The molecular formula is C19H28N4. The molecule has 1 saturated heterocycles. The third-order valence-electron chi connectivity index (χ3n) is 4.66. The van der Waals surface area contributed by atoms with Gasteiger partial charge in [0, 0.05) is 42.9 Å². The topological polar surface area (TPSA) is 47.1 Å². The molecule has 23 heavy (non-hydrogen) atoms. The average Bonchev–Trinajstić information content (AvgIpc) is 3.04. The Morgan fingerprint density at radius 3 is 2.43 bits per heavy atom. The fraction of sp³-hybridized carbons (Fsp3) is 0.526. The number of benzene rings is 1. The molecule has 0 amide bonds. The molecule has 1 aromatic carbocycles. The summed E-state index contributed by atoms with van der Waals surface area (Å²) in [5, 5.41) is 4.89. The van der Waals surface area contributed by atoms with E-state index >= 15 is 0 Å². The van der Waals surface area contributed by atoms with Gasteiger partial charge in [0.05, 0.1) is 11.4 Å². The maximum Gasteiger partial charge on any atom is 0.0727 e. The molecule has 2 aromatic rings. The van der Waals surface area contributed by atoms with E-state index in [9.17, 15) is 0 Å². The van der Waals surface area contributed by atoms with Crippen LogP contribution in [0, 0.1) is 5.92 Å². The number of rotatable bonds is 3. The molecule has 1 aromatic heterocycles. The molecule has 1 fully saturated rings. The zero-order valence-corrected chi connectivity index (χ0v) is 14.7. The van der Waals surface area contributed by atoms with Crippen LogP contribution in [0.5, 0.6) is 0 Å². The third kappa shape index (κ3) is 3.48. The van der Waals surface area contributed by atoms with Gasteiger partial charge in [-0.1, -0.05) is 45.9 Å². The Kier molecular flexibility index (Phi) is 4.30. The van der Waals surface area contributed by atoms with Gasteiger partial charge in [-0.25, -0.2) is 4.68 Å². The molecule has 4 heteroatoms. The quantitative estimate of drug-likeness (QED) is 0.948. The van der Waals surface area contributed by atoms with Crippen molar-refractivity contribution in [1.29, 1.82) is 0 Å². The lowest BCUT2D eigenvalue weighted by Crippen LogP contribution is -2.28. The predicted octanol–water partition coefficient (Wildman–Crippen LogP) is 2.95. The molecule has 1 aliphatic heterocycles. The van der Waals surface area contributed by atoms with Crippen molar-refractivity contribution in [3.63, 3.8) is 0 Å². The second kappa shape index (κ2) is 6.10. The normalized spacial score (nSPS) is 22.7. The number of hydrogen-bond donors (Lipinski definition) is 1. The Hall–Kier alpha value is -1.65. The van der Waals surface area contributed by atoms with Crippen LogP contribution in [0.2, 0.25) is 0 Å². The van der Waals surface area contributed by atoms with Crippen molar-refractivity contribution < 1.29 is 0 Å². The van der Waals surface area contributed by atoms with Crippen molar-refractivity contribution in [3.8, 4) is 5.69 Å². The molecule has 2 unspecified atom stereocenters. The maximum atomic E-state index is 6.18. The second-order valence-corrected chi connectivity index (χ2v) is 7.87. The van der Waals surface area contributed by atoms with Crippen molar-refractivity contribution in [2.24, 2.45) is 11.7 Å². The molecule has 1 aliphatic rings. The first-order chi connectivity index (χ1) is 10.8. The van der Waals surface area contributed by atoms with E-state index in [1.54, 1.807) is 0 Å².